The number of nitrogens with zero attached hydrogens (tertiary/aromatic N) is 3. The molecule has 0 fully saturated rings. The first-order chi connectivity index (χ1) is 32.6. The molecule has 4 nitrogen and oxygen atoms in total. The number of alkyl halides is 6. The third-order valence-corrected chi connectivity index (χ3v) is 13.8. The van der Waals surface area contributed by atoms with Crippen molar-refractivity contribution in [3.63, 3.8) is 0 Å². The molecule has 0 radical (unpaired) electrons. The standard InChI is InChI=1S/C58H39F6N3O/c1-32-8-15-41(26-34(32)3)65(39-17-11-37(12-18-39)57(59,60)61)43-21-23-45-47-6-5-7-48-55-49-31-50-46-24-22-44(30-54(46)68-53(50)28-36(49)10-25-51(55)67(56(47)48)52(45)29-43)66(42-16-9-33(2)35(4)27-42)40-19-13-38(14-20-40)58(62,63)64/h5-31H,1-4H3. The van der Waals surface area contributed by atoms with Crippen LogP contribution in [-0.4, -0.2) is 4.40 Å². The number of hydrogen-bond acceptors (Lipinski definition) is 3. The zero-order valence-electron chi connectivity index (χ0n) is 37.1. The maximum absolute atomic E-state index is 13.7. The van der Waals surface area contributed by atoms with E-state index in [2.05, 4.69) is 65.1 Å². The van der Waals surface area contributed by atoms with Gasteiger partial charge in [-0.2, -0.15) is 26.3 Å². The van der Waals surface area contributed by atoms with Gasteiger partial charge in [0.05, 0.1) is 27.7 Å². The molecule has 0 aliphatic rings. The highest BCUT2D eigenvalue weighted by Gasteiger charge is 2.32. The molecule has 10 heteroatoms. The summed E-state index contributed by atoms with van der Waals surface area (Å²) in [6.45, 7) is 8.10. The summed E-state index contributed by atoms with van der Waals surface area (Å²) in [5, 5.41) is 8.18. The van der Waals surface area contributed by atoms with Gasteiger partial charge in [0.2, 0.25) is 0 Å². The molecule has 0 aliphatic carbocycles. The van der Waals surface area contributed by atoms with Crippen LogP contribution in [0.4, 0.5) is 60.5 Å². The van der Waals surface area contributed by atoms with Crippen LogP contribution in [0.1, 0.15) is 33.4 Å². The van der Waals surface area contributed by atoms with E-state index in [9.17, 15) is 26.3 Å². The molecule has 12 aromatic rings. The summed E-state index contributed by atoms with van der Waals surface area (Å²) in [6, 6.07) is 49.7. The monoisotopic (exact) mass is 907 g/mol. The van der Waals surface area contributed by atoms with E-state index in [4.69, 9.17) is 4.42 Å². The van der Waals surface area contributed by atoms with Crippen molar-refractivity contribution in [1.82, 2.24) is 4.40 Å². The zero-order valence-corrected chi connectivity index (χ0v) is 37.1. The molecule has 3 aromatic heterocycles. The van der Waals surface area contributed by atoms with Crippen LogP contribution in [0.15, 0.2) is 168 Å². The molecule has 0 saturated heterocycles. The Bertz CT molecular complexity index is 3990. The maximum Gasteiger partial charge on any atom is 0.416 e. The molecule has 3 heterocycles. The second-order valence-electron chi connectivity index (χ2n) is 17.8. The van der Waals surface area contributed by atoms with Crippen LogP contribution in [0.5, 0.6) is 0 Å². The minimum absolute atomic E-state index is 0.577. The number of benzene rings is 9. The molecule has 0 spiro atoms. The quantitative estimate of drug-likeness (QED) is 0.155. The first-order valence-corrected chi connectivity index (χ1v) is 22.2. The predicted molar refractivity (Wildman–Crippen MR) is 264 cm³/mol. The van der Waals surface area contributed by atoms with Crippen LogP contribution in [0, 0.1) is 27.7 Å². The lowest BCUT2D eigenvalue weighted by molar-refractivity contribution is -0.138. The lowest BCUT2D eigenvalue weighted by Gasteiger charge is -2.26. The molecule has 12 rings (SSSR count). The summed E-state index contributed by atoms with van der Waals surface area (Å²) in [6.07, 6.45) is -8.92. The van der Waals surface area contributed by atoms with Crippen molar-refractivity contribution in [2.45, 2.75) is 40.0 Å². The van der Waals surface area contributed by atoms with E-state index in [0.29, 0.717) is 22.5 Å². The van der Waals surface area contributed by atoms with Crippen molar-refractivity contribution in [3.8, 4) is 0 Å². The summed E-state index contributed by atoms with van der Waals surface area (Å²) in [5.41, 5.74) is 11.7. The Labute approximate surface area is 385 Å². The van der Waals surface area contributed by atoms with Gasteiger partial charge in [0, 0.05) is 72.5 Å². The summed E-state index contributed by atoms with van der Waals surface area (Å²) < 4.78 is 91.0. The van der Waals surface area contributed by atoms with E-state index in [1.165, 1.54) is 24.3 Å². The van der Waals surface area contributed by atoms with Gasteiger partial charge in [-0.3, -0.25) is 0 Å². The van der Waals surface area contributed by atoms with Crippen molar-refractivity contribution in [2.75, 3.05) is 9.80 Å². The Balaban J connectivity index is 1.02. The number of para-hydroxylation sites is 1. The summed E-state index contributed by atoms with van der Waals surface area (Å²) >= 11 is 0. The fourth-order valence-corrected chi connectivity index (χ4v) is 10.0. The number of fused-ring (bicyclic) bond motifs is 11. The van der Waals surface area contributed by atoms with E-state index >= 15 is 0 Å². The number of furan rings is 1. The molecule has 0 unspecified atom stereocenters. The number of rotatable bonds is 6. The molecular formula is C58H39F6N3O. The normalized spacial score (nSPS) is 12.6. The van der Waals surface area contributed by atoms with Gasteiger partial charge in [-0.1, -0.05) is 42.5 Å². The average molecular weight is 908 g/mol. The number of aryl methyl sites for hydroxylation is 4. The molecular weight excluding hydrogens is 869 g/mol. The van der Waals surface area contributed by atoms with Gasteiger partial charge in [-0.05, 0) is 176 Å². The first kappa shape index (κ1) is 41.5. The van der Waals surface area contributed by atoms with Gasteiger partial charge in [0.15, 0.2) is 0 Å². The molecule has 0 bridgehead atoms. The van der Waals surface area contributed by atoms with E-state index in [-0.39, 0.29) is 0 Å². The number of hydrogen-bond donors (Lipinski definition) is 0. The Morgan fingerprint density at radius 1 is 0.382 bits per heavy atom. The Morgan fingerprint density at radius 3 is 1.46 bits per heavy atom. The van der Waals surface area contributed by atoms with Crippen molar-refractivity contribution >= 4 is 105 Å². The second-order valence-corrected chi connectivity index (χ2v) is 17.8. The van der Waals surface area contributed by atoms with Gasteiger partial charge >= 0.3 is 12.4 Å². The Morgan fingerprint density at radius 2 is 0.882 bits per heavy atom. The van der Waals surface area contributed by atoms with Crippen LogP contribution >= 0.6 is 0 Å². The molecule has 0 amide bonds. The summed E-state index contributed by atoms with van der Waals surface area (Å²) in [4.78, 5) is 3.95. The van der Waals surface area contributed by atoms with E-state index < -0.39 is 23.5 Å². The van der Waals surface area contributed by atoms with Gasteiger partial charge in [-0.25, -0.2) is 0 Å². The van der Waals surface area contributed by atoms with E-state index in [1.54, 1.807) is 0 Å². The van der Waals surface area contributed by atoms with Gasteiger partial charge < -0.3 is 18.6 Å². The molecule has 68 heavy (non-hydrogen) atoms. The lowest BCUT2D eigenvalue weighted by Crippen LogP contribution is -2.11. The minimum atomic E-state index is -4.46. The Kier molecular flexibility index (Phi) is 9.00. The highest BCUT2D eigenvalue weighted by molar-refractivity contribution is 6.30. The minimum Gasteiger partial charge on any atom is -0.456 e. The van der Waals surface area contributed by atoms with Crippen molar-refractivity contribution in [1.29, 1.82) is 0 Å². The third kappa shape index (κ3) is 6.45. The van der Waals surface area contributed by atoms with Gasteiger partial charge in [0.25, 0.3) is 0 Å². The summed E-state index contributed by atoms with van der Waals surface area (Å²) in [7, 11) is 0. The largest absolute Gasteiger partial charge is 0.456 e. The smallest absolute Gasteiger partial charge is 0.416 e. The number of aromatic nitrogens is 1. The summed E-state index contributed by atoms with van der Waals surface area (Å²) in [5.74, 6) is 0. The first-order valence-electron chi connectivity index (χ1n) is 22.2. The molecule has 0 N–H and O–H groups in total. The molecule has 9 aromatic carbocycles. The molecule has 0 atom stereocenters. The van der Waals surface area contributed by atoms with Gasteiger partial charge in [-0.15, -0.1) is 0 Å². The Hall–Kier alpha value is -7.98. The highest BCUT2D eigenvalue weighted by atomic mass is 19.4. The number of anilines is 6. The molecule has 0 saturated carbocycles. The fraction of sp³-hybridized carbons (Fsp3) is 0.103. The SMILES string of the molecule is Cc1ccc(N(c2ccc(C(F)(F)F)cc2)c2ccc3c(c2)oc2cc4ccc5c(c4cc23)c2cccc3c4ccc(N(c6ccc(C(F)(F)F)cc6)c6ccc(C)c(C)c6)cc4n5c32)cc1C. The zero-order chi connectivity index (χ0) is 47.0. The van der Waals surface area contributed by atoms with E-state index in [0.717, 1.165) is 129 Å². The topological polar surface area (TPSA) is 24.0 Å². The molecule has 334 valence electrons. The number of halogens is 6. The van der Waals surface area contributed by atoms with Crippen molar-refractivity contribution in [2.24, 2.45) is 0 Å². The maximum atomic E-state index is 13.7. The van der Waals surface area contributed by atoms with Crippen LogP contribution < -0.4 is 9.80 Å². The molecule has 0 aliphatic heterocycles. The fourth-order valence-electron chi connectivity index (χ4n) is 10.0. The predicted octanol–water partition coefficient (Wildman–Crippen LogP) is 18.1. The third-order valence-electron chi connectivity index (χ3n) is 13.8. The van der Waals surface area contributed by atoms with Crippen LogP contribution in [0.2, 0.25) is 0 Å². The van der Waals surface area contributed by atoms with Crippen molar-refractivity contribution in [3.05, 3.63) is 197 Å². The van der Waals surface area contributed by atoms with Gasteiger partial charge in [0.1, 0.15) is 11.2 Å². The van der Waals surface area contributed by atoms with Crippen molar-refractivity contribution < 1.29 is 30.8 Å². The van der Waals surface area contributed by atoms with E-state index in [1.807, 2.05) is 92.1 Å². The second kappa shape index (κ2) is 14.8. The van der Waals surface area contributed by atoms with Crippen LogP contribution in [0.3, 0.4) is 0 Å². The van der Waals surface area contributed by atoms with Crippen LogP contribution in [0.25, 0.3) is 70.8 Å². The average Bonchev–Trinajstić information content (AvgIpc) is 3.97. The highest BCUT2D eigenvalue weighted by Crippen LogP contribution is 2.47. The van der Waals surface area contributed by atoms with Crippen LogP contribution in [-0.2, 0) is 12.4 Å². The lowest BCUT2D eigenvalue weighted by atomic mass is 10.00.